The second kappa shape index (κ2) is 7.72. The van der Waals surface area contributed by atoms with Crippen molar-refractivity contribution in [3.63, 3.8) is 0 Å². The van der Waals surface area contributed by atoms with Gasteiger partial charge in [-0.25, -0.2) is 4.68 Å². The van der Waals surface area contributed by atoms with E-state index in [0.29, 0.717) is 37.0 Å². The number of benzene rings is 1. The second-order valence-electron chi connectivity index (χ2n) is 6.95. The molecule has 0 aliphatic heterocycles. The number of nitrogens with zero attached hydrogens (tertiary/aromatic N) is 3. The van der Waals surface area contributed by atoms with Crippen LogP contribution in [0, 0.1) is 0 Å². The number of rotatable bonds is 7. The molecule has 1 aromatic carbocycles. The van der Waals surface area contributed by atoms with Crippen LogP contribution in [0.15, 0.2) is 64.3 Å². The van der Waals surface area contributed by atoms with Crippen molar-refractivity contribution in [1.29, 1.82) is 0 Å². The van der Waals surface area contributed by atoms with Crippen LogP contribution in [-0.2, 0) is 11.3 Å². The first-order chi connectivity index (χ1) is 13.6. The maximum Gasteiger partial charge on any atom is 0.291 e. The first-order valence-corrected chi connectivity index (χ1v) is 9.39. The first kappa shape index (κ1) is 18.0. The summed E-state index contributed by atoms with van der Waals surface area (Å²) in [5, 5.41) is 7.18. The van der Waals surface area contributed by atoms with E-state index in [0.717, 1.165) is 5.52 Å². The molecule has 1 N–H and O–H groups in total. The Balaban J connectivity index is 1.31. The van der Waals surface area contributed by atoms with Gasteiger partial charge in [0.2, 0.25) is 5.91 Å². The van der Waals surface area contributed by atoms with Gasteiger partial charge in [-0.15, -0.1) is 0 Å². The van der Waals surface area contributed by atoms with Gasteiger partial charge in [-0.3, -0.25) is 14.0 Å². The van der Waals surface area contributed by atoms with Crippen molar-refractivity contribution in [3.8, 4) is 0 Å². The standard InChI is InChI=1S/C21H22N4O3/c1-15(16-6-3-2-4-7-16)13-22-20(26)8-5-10-25-21(27)18-12-19-17(9-11-28-19)24(18)14-23-25/h2-4,6-7,9,11-12,14-15H,5,8,10,13H2,1H3,(H,22,26)/t15-/m1/s1. The van der Waals surface area contributed by atoms with Crippen molar-refractivity contribution in [3.05, 3.63) is 71.0 Å². The largest absolute Gasteiger partial charge is 0.463 e. The van der Waals surface area contributed by atoms with Gasteiger partial charge in [0, 0.05) is 31.6 Å². The normalized spacial score (nSPS) is 12.5. The van der Waals surface area contributed by atoms with Crippen molar-refractivity contribution in [1.82, 2.24) is 19.5 Å². The fraction of sp³-hybridized carbons (Fsp3) is 0.286. The number of aromatic nitrogens is 3. The number of hydrogen-bond donors (Lipinski definition) is 1. The molecule has 3 aromatic heterocycles. The number of aryl methyl sites for hydroxylation is 1. The minimum atomic E-state index is -0.188. The number of carbonyl (C=O) groups is 1. The number of nitrogens with one attached hydrogen (secondary N) is 1. The van der Waals surface area contributed by atoms with Crippen LogP contribution < -0.4 is 10.9 Å². The maximum atomic E-state index is 12.6. The van der Waals surface area contributed by atoms with Gasteiger partial charge < -0.3 is 9.73 Å². The Morgan fingerprint density at radius 3 is 2.86 bits per heavy atom. The predicted octanol–water partition coefficient (Wildman–Crippen LogP) is 2.94. The van der Waals surface area contributed by atoms with E-state index >= 15 is 0 Å². The summed E-state index contributed by atoms with van der Waals surface area (Å²) in [6.07, 6.45) is 4.09. The van der Waals surface area contributed by atoms with E-state index < -0.39 is 0 Å². The predicted molar refractivity (Wildman–Crippen MR) is 106 cm³/mol. The van der Waals surface area contributed by atoms with Gasteiger partial charge in [0.05, 0.1) is 11.8 Å². The van der Waals surface area contributed by atoms with Crippen molar-refractivity contribution in [2.75, 3.05) is 6.54 Å². The van der Waals surface area contributed by atoms with E-state index in [4.69, 9.17) is 4.42 Å². The Morgan fingerprint density at radius 2 is 2.04 bits per heavy atom. The minimum absolute atomic E-state index is 0.0166. The minimum Gasteiger partial charge on any atom is -0.463 e. The average molecular weight is 378 g/mol. The van der Waals surface area contributed by atoms with Gasteiger partial charge in [-0.1, -0.05) is 37.3 Å². The number of hydrogen-bond acceptors (Lipinski definition) is 4. The molecule has 4 aromatic rings. The van der Waals surface area contributed by atoms with Crippen LogP contribution in [-0.4, -0.2) is 26.6 Å². The summed E-state index contributed by atoms with van der Waals surface area (Å²) in [6, 6.07) is 13.6. The van der Waals surface area contributed by atoms with Crippen LogP contribution in [0.4, 0.5) is 0 Å². The summed E-state index contributed by atoms with van der Waals surface area (Å²) >= 11 is 0. The number of amides is 1. The van der Waals surface area contributed by atoms with Gasteiger partial charge in [0.15, 0.2) is 5.58 Å². The molecule has 7 nitrogen and oxygen atoms in total. The molecular weight excluding hydrogens is 356 g/mol. The first-order valence-electron chi connectivity index (χ1n) is 9.39. The Bertz CT molecular complexity index is 1160. The zero-order chi connectivity index (χ0) is 19.5. The molecule has 0 radical (unpaired) electrons. The van der Waals surface area contributed by atoms with E-state index in [1.54, 1.807) is 29.1 Å². The number of fused-ring (bicyclic) bond motifs is 3. The zero-order valence-corrected chi connectivity index (χ0v) is 15.7. The van der Waals surface area contributed by atoms with E-state index in [2.05, 4.69) is 29.5 Å². The molecule has 0 spiro atoms. The van der Waals surface area contributed by atoms with Crippen molar-refractivity contribution in [2.45, 2.75) is 32.2 Å². The lowest BCUT2D eigenvalue weighted by atomic mass is 10.0. The number of furan rings is 1. The lowest BCUT2D eigenvalue weighted by Crippen LogP contribution is -2.28. The molecule has 0 aliphatic carbocycles. The highest BCUT2D eigenvalue weighted by Gasteiger charge is 2.11. The van der Waals surface area contributed by atoms with Crippen LogP contribution in [0.3, 0.4) is 0 Å². The highest BCUT2D eigenvalue weighted by atomic mass is 16.3. The molecule has 0 aliphatic rings. The van der Waals surface area contributed by atoms with Gasteiger partial charge >= 0.3 is 0 Å². The van der Waals surface area contributed by atoms with E-state index in [1.165, 1.54) is 10.2 Å². The third-order valence-corrected chi connectivity index (χ3v) is 4.97. The molecule has 7 heteroatoms. The summed E-state index contributed by atoms with van der Waals surface area (Å²) in [5.74, 6) is 0.238. The molecule has 144 valence electrons. The Morgan fingerprint density at radius 1 is 1.21 bits per heavy atom. The van der Waals surface area contributed by atoms with Crippen molar-refractivity contribution in [2.24, 2.45) is 0 Å². The van der Waals surface area contributed by atoms with Gasteiger partial charge in [-0.2, -0.15) is 5.10 Å². The van der Waals surface area contributed by atoms with E-state index in [-0.39, 0.29) is 17.4 Å². The van der Waals surface area contributed by atoms with Crippen LogP contribution in [0.1, 0.15) is 31.2 Å². The molecule has 0 unspecified atom stereocenters. The molecule has 1 atom stereocenters. The third-order valence-electron chi connectivity index (χ3n) is 4.97. The Hall–Kier alpha value is -3.35. The van der Waals surface area contributed by atoms with Gasteiger partial charge in [0.1, 0.15) is 11.8 Å². The topological polar surface area (TPSA) is 81.5 Å². The maximum absolute atomic E-state index is 12.6. The van der Waals surface area contributed by atoms with Crippen LogP contribution in [0.25, 0.3) is 16.6 Å². The molecule has 0 fully saturated rings. The molecule has 28 heavy (non-hydrogen) atoms. The van der Waals surface area contributed by atoms with Crippen LogP contribution in [0.5, 0.6) is 0 Å². The quantitative estimate of drug-likeness (QED) is 0.536. The molecule has 4 rings (SSSR count). The molecular formula is C21H22N4O3. The van der Waals surface area contributed by atoms with Crippen molar-refractivity contribution >= 4 is 22.5 Å². The van der Waals surface area contributed by atoms with Crippen molar-refractivity contribution < 1.29 is 9.21 Å². The molecule has 0 bridgehead atoms. The summed E-state index contributed by atoms with van der Waals surface area (Å²) in [7, 11) is 0. The summed E-state index contributed by atoms with van der Waals surface area (Å²) < 4.78 is 8.45. The SMILES string of the molecule is C[C@H](CNC(=O)CCCn1ncn2c(cc3occc32)c1=O)c1ccccc1. The van der Waals surface area contributed by atoms with Crippen LogP contribution in [0.2, 0.25) is 0 Å². The lowest BCUT2D eigenvalue weighted by Gasteiger charge is -2.13. The van der Waals surface area contributed by atoms with E-state index in [1.807, 2.05) is 18.2 Å². The summed E-state index contributed by atoms with van der Waals surface area (Å²) in [6.45, 7) is 3.07. The molecule has 0 saturated heterocycles. The highest BCUT2D eigenvalue weighted by Crippen LogP contribution is 2.18. The highest BCUT2D eigenvalue weighted by molar-refractivity contribution is 5.81. The summed E-state index contributed by atoms with van der Waals surface area (Å²) in [5.41, 5.74) is 3.00. The zero-order valence-electron chi connectivity index (χ0n) is 15.7. The average Bonchev–Trinajstić information content (AvgIpc) is 3.30. The van der Waals surface area contributed by atoms with Gasteiger partial charge in [0.25, 0.3) is 5.56 Å². The summed E-state index contributed by atoms with van der Waals surface area (Å²) in [4.78, 5) is 24.7. The second-order valence-corrected chi connectivity index (χ2v) is 6.95. The van der Waals surface area contributed by atoms with E-state index in [9.17, 15) is 9.59 Å². The lowest BCUT2D eigenvalue weighted by molar-refractivity contribution is -0.121. The fourth-order valence-corrected chi connectivity index (χ4v) is 3.34. The molecule has 1 amide bonds. The monoisotopic (exact) mass is 378 g/mol. The molecule has 3 heterocycles. The Kier molecular flexibility index (Phi) is 4.97. The number of carbonyl (C=O) groups excluding carboxylic acids is 1. The molecule has 0 saturated carbocycles. The third kappa shape index (κ3) is 3.55. The smallest absolute Gasteiger partial charge is 0.291 e. The van der Waals surface area contributed by atoms with Gasteiger partial charge in [-0.05, 0) is 17.9 Å². The Labute approximate surface area is 161 Å². The van der Waals surface area contributed by atoms with Crippen LogP contribution >= 0.6 is 0 Å². The fourth-order valence-electron chi connectivity index (χ4n) is 3.34.